The summed E-state index contributed by atoms with van der Waals surface area (Å²) in [5.41, 5.74) is 1.19. The molecular formula is C16H30. The molecule has 0 spiro atoms. The molecule has 0 saturated heterocycles. The molecule has 3 rings (SSSR count). The van der Waals surface area contributed by atoms with Crippen molar-refractivity contribution in [3.8, 4) is 0 Å². The van der Waals surface area contributed by atoms with Crippen LogP contribution in [0.2, 0.25) is 0 Å². The molecule has 3 aliphatic rings. The molecule has 0 heterocycles. The third-order valence-corrected chi connectivity index (χ3v) is 6.61. The Balaban J connectivity index is 2.34. The molecule has 3 saturated carbocycles. The normalized spacial score (nSPS) is 45.9. The van der Waals surface area contributed by atoms with E-state index in [1.807, 2.05) is 0 Å². The van der Waals surface area contributed by atoms with Crippen molar-refractivity contribution in [1.29, 1.82) is 0 Å². The van der Waals surface area contributed by atoms with E-state index in [-0.39, 0.29) is 0 Å². The highest BCUT2D eigenvalue weighted by Crippen LogP contribution is 2.70. The predicted octanol–water partition coefficient (Wildman–Crippen LogP) is 4.99. The van der Waals surface area contributed by atoms with E-state index in [4.69, 9.17) is 0 Å². The van der Waals surface area contributed by atoms with Gasteiger partial charge in [0.15, 0.2) is 0 Å². The molecule has 3 aliphatic carbocycles. The van der Waals surface area contributed by atoms with E-state index in [1.165, 1.54) is 12.8 Å². The van der Waals surface area contributed by atoms with E-state index < -0.39 is 0 Å². The van der Waals surface area contributed by atoms with Gasteiger partial charge in [-0.1, -0.05) is 48.5 Å². The molecule has 0 nitrogen and oxygen atoms in total. The van der Waals surface area contributed by atoms with Crippen LogP contribution in [-0.2, 0) is 0 Å². The van der Waals surface area contributed by atoms with Gasteiger partial charge in [0, 0.05) is 0 Å². The summed E-state index contributed by atoms with van der Waals surface area (Å²) in [5, 5.41) is 0. The van der Waals surface area contributed by atoms with Crippen LogP contribution in [0.5, 0.6) is 0 Å². The smallest absolute Gasteiger partial charge is 0.0238 e. The zero-order valence-electron chi connectivity index (χ0n) is 12.3. The van der Waals surface area contributed by atoms with Gasteiger partial charge in [-0.25, -0.2) is 0 Å². The van der Waals surface area contributed by atoms with Crippen molar-refractivity contribution < 1.29 is 0 Å². The molecular weight excluding hydrogens is 192 g/mol. The fourth-order valence-corrected chi connectivity index (χ4v) is 5.11. The second-order valence-electron chi connectivity index (χ2n) is 7.91. The van der Waals surface area contributed by atoms with Crippen LogP contribution in [-0.4, -0.2) is 0 Å². The molecule has 0 radical (unpaired) electrons. The van der Waals surface area contributed by atoms with Gasteiger partial charge < -0.3 is 0 Å². The van der Waals surface area contributed by atoms with Gasteiger partial charge >= 0.3 is 0 Å². The second-order valence-corrected chi connectivity index (χ2v) is 7.91. The summed E-state index contributed by atoms with van der Waals surface area (Å²) in [4.78, 5) is 0. The van der Waals surface area contributed by atoms with Crippen molar-refractivity contribution in [2.75, 3.05) is 0 Å². The summed E-state index contributed by atoms with van der Waals surface area (Å²) < 4.78 is 0. The summed E-state index contributed by atoms with van der Waals surface area (Å²) >= 11 is 0. The highest BCUT2D eigenvalue weighted by molar-refractivity contribution is 5.12. The van der Waals surface area contributed by atoms with Gasteiger partial charge in [-0.15, -0.1) is 0 Å². The Morgan fingerprint density at radius 3 is 1.88 bits per heavy atom. The Bertz CT molecular complexity index is 270. The first-order valence-electron chi connectivity index (χ1n) is 7.22. The molecule has 94 valence electrons. The molecule has 0 aromatic carbocycles. The fraction of sp³-hybridized carbons (Fsp3) is 1.00. The summed E-state index contributed by atoms with van der Waals surface area (Å²) in [6.07, 6.45) is 2.99. The van der Waals surface area contributed by atoms with Crippen LogP contribution < -0.4 is 0 Å². The SMILES string of the molecule is CC(C)C1C[C@@H]2C[C@@H](C2(C)C)[C@@]1(C)C(C)C. The molecule has 0 aromatic heterocycles. The minimum atomic E-state index is 0.576. The lowest BCUT2D eigenvalue weighted by molar-refractivity contribution is -0.210. The van der Waals surface area contributed by atoms with E-state index in [1.54, 1.807) is 0 Å². The number of hydrogen-bond acceptors (Lipinski definition) is 0. The lowest BCUT2D eigenvalue weighted by atomic mass is 9.35. The standard InChI is InChI=1S/C16H30/c1-10(2)13-8-12-9-14(15(12,5)6)16(13,7)11(3)4/h10-14H,8-9H2,1-7H3/t12-,13?,14+,16+/m1/s1. The zero-order valence-corrected chi connectivity index (χ0v) is 12.3. The van der Waals surface area contributed by atoms with Gasteiger partial charge in [0.2, 0.25) is 0 Å². The Morgan fingerprint density at radius 2 is 1.50 bits per heavy atom. The van der Waals surface area contributed by atoms with E-state index in [9.17, 15) is 0 Å². The Labute approximate surface area is 102 Å². The molecule has 0 aliphatic heterocycles. The summed E-state index contributed by atoms with van der Waals surface area (Å²) in [5.74, 6) is 4.60. The minimum absolute atomic E-state index is 0.576. The molecule has 2 bridgehead atoms. The Morgan fingerprint density at radius 1 is 0.938 bits per heavy atom. The maximum absolute atomic E-state index is 2.59. The molecule has 16 heavy (non-hydrogen) atoms. The van der Waals surface area contributed by atoms with E-state index in [0.29, 0.717) is 10.8 Å². The van der Waals surface area contributed by atoms with Gasteiger partial charge in [-0.3, -0.25) is 0 Å². The Hall–Kier alpha value is 0. The quantitative estimate of drug-likeness (QED) is 0.617. The van der Waals surface area contributed by atoms with Crippen LogP contribution in [0.4, 0.5) is 0 Å². The van der Waals surface area contributed by atoms with Crippen molar-refractivity contribution in [3.63, 3.8) is 0 Å². The monoisotopic (exact) mass is 222 g/mol. The third-order valence-electron chi connectivity index (χ3n) is 6.61. The maximum Gasteiger partial charge on any atom is -0.0238 e. The summed E-state index contributed by atoms with van der Waals surface area (Å²) in [7, 11) is 0. The third kappa shape index (κ3) is 1.34. The average Bonchev–Trinajstić information content (AvgIpc) is 2.16. The predicted molar refractivity (Wildman–Crippen MR) is 71.3 cm³/mol. The van der Waals surface area contributed by atoms with Crippen molar-refractivity contribution in [1.82, 2.24) is 0 Å². The van der Waals surface area contributed by atoms with Crippen molar-refractivity contribution in [2.45, 2.75) is 61.3 Å². The lowest BCUT2D eigenvalue weighted by Gasteiger charge is -2.69. The topological polar surface area (TPSA) is 0 Å². The average molecular weight is 222 g/mol. The molecule has 0 heteroatoms. The van der Waals surface area contributed by atoms with Crippen LogP contribution in [0.15, 0.2) is 0 Å². The van der Waals surface area contributed by atoms with Crippen molar-refractivity contribution in [2.24, 2.45) is 40.4 Å². The highest BCUT2D eigenvalue weighted by atomic mass is 14.7. The Kier molecular flexibility index (Phi) is 2.72. The molecule has 4 atom stereocenters. The first-order valence-corrected chi connectivity index (χ1v) is 7.22. The number of fused-ring (bicyclic) bond motifs is 2. The van der Waals surface area contributed by atoms with Crippen LogP contribution in [0.3, 0.4) is 0 Å². The first kappa shape index (κ1) is 12.5. The van der Waals surface area contributed by atoms with Crippen LogP contribution >= 0.6 is 0 Å². The highest BCUT2D eigenvalue weighted by Gasteiger charge is 2.63. The molecule has 0 aromatic rings. The van der Waals surface area contributed by atoms with Gasteiger partial charge in [-0.05, 0) is 53.3 Å². The van der Waals surface area contributed by atoms with Gasteiger partial charge in [-0.2, -0.15) is 0 Å². The summed E-state index contributed by atoms with van der Waals surface area (Å²) in [6, 6.07) is 0. The molecule has 1 unspecified atom stereocenters. The maximum atomic E-state index is 2.59. The first-order chi connectivity index (χ1) is 7.22. The van der Waals surface area contributed by atoms with Crippen LogP contribution in [0.1, 0.15) is 61.3 Å². The van der Waals surface area contributed by atoms with Gasteiger partial charge in [0.05, 0.1) is 0 Å². The van der Waals surface area contributed by atoms with Crippen molar-refractivity contribution in [3.05, 3.63) is 0 Å². The van der Waals surface area contributed by atoms with E-state index in [0.717, 1.165) is 29.6 Å². The minimum Gasteiger partial charge on any atom is -0.0625 e. The molecule has 3 fully saturated rings. The van der Waals surface area contributed by atoms with Crippen LogP contribution in [0, 0.1) is 40.4 Å². The number of hydrogen-bond donors (Lipinski definition) is 0. The summed E-state index contributed by atoms with van der Waals surface area (Å²) in [6.45, 7) is 17.4. The van der Waals surface area contributed by atoms with Crippen molar-refractivity contribution >= 4 is 0 Å². The largest absolute Gasteiger partial charge is 0.0625 e. The number of rotatable bonds is 2. The second kappa shape index (κ2) is 3.50. The zero-order chi connectivity index (χ0) is 12.3. The fourth-order valence-electron chi connectivity index (χ4n) is 5.11. The van der Waals surface area contributed by atoms with E-state index >= 15 is 0 Å². The van der Waals surface area contributed by atoms with Gasteiger partial charge in [0.25, 0.3) is 0 Å². The van der Waals surface area contributed by atoms with Crippen LogP contribution in [0.25, 0.3) is 0 Å². The van der Waals surface area contributed by atoms with E-state index in [2.05, 4.69) is 48.5 Å². The molecule has 0 amide bonds. The lowest BCUT2D eigenvalue weighted by Crippen LogP contribution is -2.63. The molecule has 0 N–H and O–H groups in total. The van der Waals surface area contributed by atoms with Gasteiger partial charge in [0.1, 0.15) is 0 Å².